The van der Waals surface area contributed by atoms with Crippen molar-refractivity contribution in [1.82, 2.24) is 9.62 Å². The van der Waals surface area contributed by atoms with E-state index in [-0.39, 0.29) is 10.3 Å². The van der Waals surface area contributed by atoms with Gasteiger partial charge in [-0.1, -0.05) is 19.9 Å². The van der Waals surface area contributed by atoms with Gasteiger partial charge in [0.15, 0.2) is 0 Å². The number of hydrogen-bond acceptors (Lipinski definition) is 4. The van der Waals surface area contributed by atoms with E-state index < -0.39 is 10.0 Å². The standard InChI is InChI=1S/C14H24BrN3O2S/c1-14(2,10-18(3)4)9-17-21(19,20)13-6-5-11(8-16)7-12(13)15/h5-7,17H,8-10,16H2,1-4H3. The molecule has 120 valence electrons. The summed E-state index contributed by atoms with van der Waals surface area (Å²) in [4.78, 5) is 2.28. The molecule has 0 aliphatic rings. The molecule has 1 aromatic carbocycles. The Labute approximate surface area is 136 Å². The minimum atomic E-state index is -3.54. The summed E-state index contributed by atoms with van der Waals surface area (Å²) in [6, 6.07) is 5.04. The Morgan fingerprint density at radius 1 is 1.33 bits per heavy atom. The Kier molecular flexibility index (Phi) is 6.36. The first-order chi connectivity index (χ1) is 9.57. The molecule has 1 aromatic rings. The van der Waals surface area contributed by atoms with Crippen molar-refractivity contribution in [3.05, 3.63) is 28.2 Å². The summed E-state index contributed by atoms with van der Waals surface area (Å²) in [5.41, 5.74) is 6.28. The van der Waals surface area contributed by atoms with Crippen LogP contribution < -0.4 is 10.5 Å². The second-order valence-corrected chi connectivity index (χ2v) is 8.79. The lowest BCUT2D eigenvalue weighted by Gasteiger charge is -2.28. The van der Waals surface area contributed by atoms with E-state index in [1.54, 1.807) is 18.2 Å². The van der Waals surface area contributed by atoms with E-state index in [9.17, 15) is 8.42 Å². The van der Waals surface area contributed by atoms with Crippen LogP contribution in [0.25, 0.3) is 0 Å². The molecule has 0 heterocycles. The highest BCUT2D eigenvalue weighted by Gasteiger charge is 2.24. The van der Waals surface area contributed by atoms with Gasteiger partial charge in [-0.3, -0.25) is 0 Å². The van der Waals surface area contributed by atoms with E-state index in [0.717, 1.165) is 12.1 Å². The Bertz CT molecular complexity index is 586. The molecule has 7 heteroatoms. The molecule has 0 saturated carbocycles. The second kappa shape index (κ2) is 7.19. The van der Waals surface area contributed by atoms with Gasteiger partial charge in [0, 0.05) is 24.1 Å². The van der Waals surface area contributed by atoms with Gasteiger partial charge in [-0.2, -0.15) is 0 Å². The summed E-state index contributed by atoms with van der Waals surface area (Å²) < 4.78 is 28.0. The van der Waals surface area contributed by atoms with Crippen LogP contribution >= 0.6 is 15.9 Å². The molecule has 3 N–H and O–H groups in total. The van der Waals surface area contributed by atoms with Crippen molar-refractivity contribution in [3.63, 3.8) is 0 Å². The van der Waals surface area contributed by atoms with Crippen molar-refractivity contribution >= 4 is 26.0 Å². The molecule has 0 spiro atoms. The van der Waals surface area contributed by atoms with Crippen molar-refractivity contribution in [1.29, 1.82) is 0 Å². The summed E-state index contributed by atoms with van der Waals surface area (Å²) in [7, 11) is 0.400. The third-order valence-electron chi connectivity index (χ3n) is 3.01. The largest absolute Gasteiger partial charge is 0.326 e. The van der Waals surface area contributed by atoms with E-state index in [1.165, 1.54) is 0 Å². The van der Waals surface area contributed by atoms with Crippen LogP contribution in [0.2, 0.25) is 0 Å². The molecule has 0 atom stereocenters. The van der Waals surface area contributed by atoms with Crippen molar-refractivity contribution in [2.24, 2.45) is 11.1 Å². The molecule has 0 amide bonds. The fraction of sp³-hybridized carbons (Fsp3) is 0.571. The zero-order valence-corrected chi connectivity index (χ0v) is 15.4. The number of rotatable bonds is 7. The number of benzene rings is 1. The van der Waals surface area contributed by atoms with Crippen LogP contribution in [0.15, 0.2) is 27.6 Å². The summed E-state index contributed by atoms with van der Waals surface area (Å²) in [5, 5.41) is 0. The highest BCUT2D eigenvalue weighted by molar-refractivity contribution is 9.10. The fourth-order valence-corrected chi connectivity index (χ4v) is 4.53. The van der Waals surface area contributed by atoms with E-state index in [0.29, 0.717) is 17.6 Å². The molecule has 0 unspecified atom stereocenters. The van der Waals surface area contributed by atoms with Crippen LogP contribution in [0.5, 0.6) is 0 Å². The predicted octanol–water partition coefficient (Wildman–Crippen LogP) is 1.77. The minimum Gasteiger partial charge on any atom is -0.326 e. The molecular weight excluding hydrogens is 354 g/mol. The van der Waals surface area contributed by atoms with E-state index >= 15 is 0 Å². The second-order valence-electron chi connectivity index (χ2n) is 6.20. The zero-order valence-electron chi connectivity index (χ0n) is 13.0. The Morgan fingerprint density at radius 3 is 2.43 bits per heavy atom. The van der Waals surface area contributed by atoms with Gasteiger partial charge in [-0.25, -0.2) is 13.1 Å². The van der Waals surface area contributed by atoms with Gasteiger partial charge in [0.05, 0.1) is 4.90 Å². The Hall–Kier alpha value is -0.470. The van der Waals surface area contributed by atoms with Gasteiger partial charge in [-0.05, 0) is 53.1 Å². The predicted molar refractivity (Wildman–Crippen MR) is 89.6 cm³/mol. The lowest BCUT2D eigenvalue weighted by atomic mass is 9.93. The van der Waals surface area contributed by atoms with Crippen LogP contribution in [0.3, 0.4) is 0 Å². The maximum absolute atomic E-state index is 12.4. The summed E-state index contributed by atoms with van der Waals surface area (Å²) >= 11 is 3.30. The monoisotopic (exact) mass is 377 g/mol. The quantitative estimate of drug-likeness (QED) is 0.759. The maximum atomic E-state index is 12.4. The molecule has 0 bridgehead atoms. The molecule has 0 saturated heterocycles. The molecule has 0 aromatic heterocycles. The first-order valence-corrected chi connectivity index (χ1v) is 8.98. The third kappa shape index (κ3) is 5.67. The number of halogens is 1. The van der Waals surface area contributed by atoms with E-state index in [4.69, 9.17) is 5.73 Å². The smallest absolute Gasteiger partial charge is 0.241 e. The molecule has 0 radical (unpaired) electrons. The van der Waals surface area contributed by atoms with Crippen molar-refractivity contribution in [2.75, 3.05) is 27.2 Å². The van der Waals surface area contributed by atoms with Gasteiger partial charge in [0.2, 0.25) is 10.0 Å². The van der Waals surface area contributed by atoms with Gasteiger partial charge in [-0.15, -0.1) is 0 Å². The van der Waals surface area contributed by atoms with Crippen LogP contribution in [-0.2, 0) is 16.6 Å². The first-order valence-electron chi connectivity index (χ1n) is 6.70. The average molecular weight is 378 g/mol. The highest BCUT2D eigenvalue weighted by Crippen LogP contribution is 2.24. The number of hydrogen-bond donors (Lipinski definition) is 2. The van der Waals surface area contributed by atoms with Gasteiger partial charge >= 0.3 is 0 Å². The first kappa shape index (κ1) is 18.6. The van der Waals surface area contributed by atoms with Crippen LogP contribution in [-0.4, -0.2) is 40.5 Å². The molecule has 5 nitrogen and oxygen atoms in total. The van der Waals surface area contributed by atoms with E-state index in [1.807, 2.05) is 32.8 Å². The topological polar surface area (TPSA) is 75.4 Å². The van der Waals surface area contributed by atoms with Crippen LogP contribution in [0, 0.1) is 5.41 Å². The summed E-state index contributed by atoms with van der Waals surface area (Å²) in [6.45, 7) is 5.60. The zero-order chi connectivity index (χ0) is 16.3. The fourth-order valence-electron chi connectivity index (χ4n) is 2.17. The van der Waals surface area contributed by atoms with Crippen molar-refractivity contribution in [2.45, 2.75) is 25.3 Å². The van der Waals surface area contributed by atoms with Crippen LogP contribution in [0.1, 0.15) is 19.4 Å². The van der Waals surface area contributed by atoms with E-state index in [2.05, 4.69) is 20.7 Å². The van der Waals surface area contributed by atoms with Crippen molar-refractivity contribution in [3.8, 4) is 0 Å². The van der Waals surface area contributed by atoms with Gasteiger partial charge < -0.3 is 10.6 Å². The van der Waals surface area contributed by atoms with Crippen LogP contribution in [0.4, 0.5) is 0 Å². The maximum Gasteiger partial charge on any atom is 0.241 e. The number of nitrogens with one attached hydrogen (secondary N) is 1. The molecule has 21 heavy (non-hydrogen) atoms. The number of nitrogens with zero attached hydrogens (tertiary/aromatic N) is 1. The third-order valence-corrected chi connectivity index (χ3v) is 5.38. The lowest BCUT2D eigenvalue weighted by Crippen LogP contribution is -2.40. The number of nitrogens with two attached hydrogens (primary N) is 1. The summed E-state index contributed by atoms with van der Waals surface area (Å²) in [6.07, 6.45) is 0. The molecule has 1 rings (SSSR count). The SMILES string of the molecule is CN(C)CC(C)(C)CNS(=O)(=O)c1ccc(CN)cc1Br. The van der Waals surface area contributed by atoms with Gasteiger partial charge in [0.25, 0.3) is 0 Å². The molecule has 0 fully saturated rings. The molecule has 0 aliphatic carbocycles. The Balaban J connectivity index is 2.87. The Morgan fingerprint density at radius 2 is 1.95 bits per heavy atom. The molecular formula is C14H24BrN3O2S. The molecule has 0 aliphatic heterocycles. The number of sulfonamides is 1. The van der Waals surface area contributed by atoms with Gasteiger partial charge in [0.1, 0.15) is 0 Å². The highest BCUT2D eigenvalue weighted by atomic mass is 79.9. The van der Waals surface area contributed by atoms with Crippen molar-refractivity contribution < 1.29 is 8.42 Å². The lowest BCUT2D eigenvalue weighted by molar-refractivity contribution is 0.242. The minimum absolute atomic E-state index is 0.153. The average Bonchev–Trinajstić information content (AvgIpc) is 2.34. The normalized spacial score (nSPS) is 12.9. The summed E-state index contributed by atoms with van der Waals surface area (Å²) in [5.74, 6) is 0.